The molecule has 1 N–H and O–H groups in total. The summed E-state index contributed by atoms with van der Waals surface area (Å²) in [6.07, 6.45) is 2.47. The van der Waals surface area contributed by atoms with Crippen LogP contribution in [-0.2, 0) is 0 Å². The van der Waals surface area contributed by atoms with Crippen molar-refractivity contribution < 1.29 is 5.11 Å². The average Bonchev–Trinajstić information content (AvgIpc) is 2.21. The second kappa shape index (κ2) is 5.52. The molecule has 1 fully saturated rings. The van der Waals surface area contributed by atoms with Gasteiger partial charge in [-0.25, -0.2) is 0 Å². The van der Waals surface area contributed by atoms with E-state index in [0.717, 1.165) is 0 Å². The largest absolute Gasteiger partial charge is 0.508 e. The maximum absolute atomic E-state index is 9.19. The molecule has 0 amide bonds. The molecule has 1 aromatic rings. The third-order valence-electron chi connectivity index (χ3n) is 3.08. The summed E-state index contributed by atoms with van der Waals surface area (Å²) in [4.78, 5) is 2.37. The van der Waals surface area contributed by atoms with E-state index in [1.165, 1.54) is 31.5 Å². The summed E-state index contributed by atoms with van der Waals surface area (Å²) in [7, 11) is 2.17. The number of aromatic hydroxyl groups is 1. The molecular weight excluding hydrogens is 254 g/mol. The zero-order valence-electron chi connectivity index (χ0n) is 9.02. The molecule has 1 aliphatic rings. The molecule has 1 aliphatic heterocycles. The SMILES string of the molecule is Br.CN1CCC(c2ccc(O)cc2)CC1. The number of phenols is 1. The smallest absolute Gasteiger partial charge is 0.115 e. The van der Waals surface area contributed by atoms with Gasteiger partial charge in [0.15, 0.2) is 0 Å². The van der Waals surface area contributed by atoms with E-state index in [4.69, 9.17) is 0 Å². The average molecular weight is 272 g/mol. The van der Waals surface area contributed by atoms with E-state index in [9.17, 15) is 5.11 Å². The van der Waals surface area contributed by atoms with Gasteiger partial charge in [0.2, 0.25) is 0 Å². The molecule has 0 unspecified atom stereocenters. The fraction of sp³-hybridized carbons (Fsp3) is 0.500. The topological polar surface area (TPSA) is 23.5 Å². The summed E-state index contributed by atoms with van der Waals surface area (Å²) >= 11 is 0. The lowest BCUT2D eigenvalue weighted by molar-refractivity contribution is 0.255. The van der Waals surface area contributed by atoms with E-state index in [0.29, 0.717) is 11.7 Å². The molecule has 1 saturated heterocycles. The summed E-state index contributed by atoms with van der Waals surface area (Å²) in [5, 5.41) is 9.19. The number of phenolic OH excluding ortho intramolecular Hbond substituents is 1. The lowest BCUT2D eigenvalue weighted by atomic mass is 9.90. The Hall–Kier alpha value is -0.540. The lowest BCUT2D eigenvalue weighted by Gasteiger charge is -2.29. The van der Waals surface area contributed by atoms with Gasteiger partial charge in [0.05, 0.1) is 0 Å². The molecular formula is C12H18BrNO. The molecule has 1 aromatic carbocycles. The van der Waals surface area contributed by atoms with E-state index in [1.807, 2.05) is 12.1 Å². The zero-order chi connectivity index (χ0) is 9.97. The van der Waals surface area contributed by atoms with Gasteiger partial charge in [-0.2, -0.15) is 0 Å². The molecule has 0 atom stereocenters. The van der Waals surface area contributed by atoms with E-state index in [2.05, 4.69) is 11.9 Å². The number of hydrogen-bond donors (Lipinski definition) is 1. The van der Waals surface area contributed by atoms with Gasteiger partial charge in [-0.3, -0.25) is 0 Å². The Balaban J connectivity index is 0.00000112. The molecule has 1 heterocycles. The molecule has 0 radical (unpaired) electrons. The molecule has 0 spiro atoms. The number of piperidine rings is 1. The van der Waals surface area contributed by atoms with Crippen molar-refractivity contribution in [1.82, 2.24) is 4.90 Å². The van der Waals surface area contributed by atoms with E-state index >= 15 is 0 Å². The quantitative estimate of drug-likeness (QED) is 0.849. The van der Waals surface area contributed by atoms with Crippen LogP contribution in [-0.4, -0.2) is 30.1 Å². The fourth-order valence-corrected chi connectivity index (χ4v) is 2.09. The number of nitrogens with zero attached hydrogens (tertiary/aromatic N) is 1. The van der Waals surface area contributed by atoms with Crippen molar-refractivity contribution in [2.24, 2.45) is 0 Å². The molecule has 0 bridgehead atoms. The molecule has 15 heavy (non-hydrogen) atoms. The van der Waals surface area contributed by atoms with Crippen LogP contribution in [0.2, 0.25) is 0 Å². The normalized spacial score (nSPS) is 18.5. The first-order chi connectivity index (χ1) is 6.75. The van der Waals surface area contributed by atoms with Gasteiger partial charge < -0.3 is 10.0 Å². The van der Waals surface area contributed by atoms with Crippen LogP contribution < -0.4 is 0 Å². The van der Waals surface area contributed by atoms with E-state index < -0.39 is 0 Å². The third-order valence-corrected chi connectivity index (χ3v) is 3.08. The van der Waals surface area contributed by atoms with Crippen molar-refractivity contribution in [3.05, 3.63) is 29.8 Å². The third kappa shape index (κ3) is 3.21. The highest BCUT2D eigenvalue weighted by molar-refractivity contribution is 8.93. The van der Waals surface area contributed by atoms with Crippen molar-refractivity contribution in [1.29, 1.82) is 0 Å². The monoisotopic (exact) mass is 271 g/mol. The van der Waals surface area contributed by atoms with Gasteiger partial charge in [-0.05, 0) is 56.6 Å². The molecule has 3 heteroatoms. The van der Waals surface area contributed by atoms with Crippen molar-refractivity contribution in [2.75, 3.05) is 20.1 Å². The summed E-state index contributed by atoms with van der Waals surface area (Å²) in [5.41, 5.74) is 1.37. The van der Waals surface area contributed by atoms with Gasteiger partial charge >= 0.3 is 0 Å². The van der Waals surface area contributed by atoms with Gasteiger partial charge in [-0.1, -0.05) is 12.1 Å². The van der Waals surface area contributed by atoms with Crippen LogP contribution in [0.15, 0.2) is 24.3 Å². The van der Waals surface area contributed by atoms with Crippen molar-refractivity contribution in [2.45, 2.75) is 18.8 Å². The minimum absolute atomic E-state index is 0. The number of rotatable bonds is 1. The second-order valence-electron chi connectivity index (χ2n) is 4.17. The summed E-state index contributed by atoms with van der Waals surface area (Å²) in [6.45, 7) is 2.37. The van der Waals surface area contributed by atoms with Gasteiger partial charge in [-0.15, -0.1) is 17.0 Å². The number of likely N-dealkylation sites (tertiary alicyclic amines) is 1. The number of benzene rings is 1. The van der Waals surface area contributed by atoms with Crippen LogP contribution in [0.5, 0.6) is 5.75 Å². The summed E-state index contributed by atoms with van der Waals surface area (Å²) in [5.74, 6) is 1.05. The number of hydrogen-bond acceptors (Lipinski definition) is 2. The van der Waals surface area contributed by atoms with Crippen LogP contribution in [0.25, 0.3) is 0 Å². The van der Waals surface area contributed by atoms with Crippen LogP contribution >= 0.6 is 17.0 Å². The molecule has 0 aliphatic carbocycles. The highest BCUT2D eigenvalue weighted by Gasteiger charge is 2.17. The molecule has 0 saturated carbocycles. The number of halogens is 1. The maximum atomic E-state index is 9.19. The molecule has 84 valence electrons. The Kier molecular flexibility index (Phi) is 4.61. The summed E-state index contributed by atoms with van der Waals surface area (Å²) in [6, 6.07) is 7.66. The fourth-order valence-electron chi connectivity index (χ4n) is 2.09. The Morgan fingerprint density at radius 1 is 1.13 bits per heavy atom. The van der Waals surface area contributed by atoms with Crippen molar-refractivity contribution >= 4 is 17.0 Å². The highest BCUT2D eigenvalue weighted by atomic mass is 79.9. The predicted molar refractivity (Wildman–Crippen MR) is 67.9 cm³/mol. The Morgan fingerprint density at radius 2 is 1.67 bits per heavy atom. The lowest BCUT2D eigenvalue weighted by Crippen LogP contribution is -2.29. The Labute approximate surface area is 102 Å². The first-order valence-electron chi connectivity index (χ1n) is 5.23. The van der Waals surface area contributed by atoms with Gasteiger partial charge in [0.1, 0.15) is 5.75 Å². The van der Waals surface area contributed by atoms with E-state index in [1.54, 1.807) is 12.1 Å². The Morgan fingerprint density at radius 3 is 2.20 bits per heavy atom. The highest BCUT2D eigenvalue weighted by Crippen LogP contribution is 2.28. The zero-order valence-corrected chi connectivity index (χ0v) is 10.7. The van der Waals surface area contributed by atoms with Crippen LogP contribution in [0.1, 0.15) is 24.3 Å². The minimum Gasteiger partial charge on any atom is -0.508 e. The summed E-state index contributed by atoms with van der Waals surface area (Å²) < 4.78 is 0. The van der Waals surface area contributed by atoms with Crippen molar-refractivity contribution in [3.8, 4) is 5.75 Å². The van der Waals surface area contributed by atoms with Crippen molar-refractivity contribution in [3.63, 3.8) is 0 Å². The first kappa shape index (κ1) is 12.5. The van der Waals surface area contributed by atoms with Crippen LogP contribution in [0.3, 0.4) is 0 Å². The minimum atomic E-state index is 0. The maximum Gasteiger partial charge on any atom is 0.115 e. The first-order valence-corrected chi connectivity index (χ1v) is 5.23. The molecule has 0 aromatic heterocycles. The predicted octanol–water partition coefficient (Wildman–Crippen LogP) is 2.78. The van der Waals surface area contributed by atoms with Gasteiger partial charge in [0, 0.05) is 0 Å². The molecule has 2 rings (SSSR count). The second-order valence-corrected chi connectivity index (χ2v) is 4.17. The van der Waals surface area contributed by atoms with E-state index in [-0.39, 0.29) is 17.0 Å². The van der Waals surface area contributed by atoms with Crippen LogP contribution in [0.4, 0.5) is 0 Å². The molecule has 2 nitrogen and oxygen atoms in total. The van der Waals surface area contributed by atoms with Gasteiger partial charge in [0.25, 0.3) is 0 Å². The van der Waals surface area contributed by atoms with Crippen LogP contribution in [0, 0.1) is 0 Å². The Bertz CT molecular complexity index is 291. The standard InChI is InChI=1S/C12H17NO.BrH/c1-13-8-6-11(7-9-13)10-2-4-12(14)5-3-10;/h2-5,11,14H,6-9H2,1H3;1H.